The maximum atomic E-state index is 12.6. The Labute approximate surface area is 156 Å². The fourth-order valence-electron chi connectivity index (χ4n) is 2.91. The third-order valence-electron chi connectivity index (χ3n) is 4.52. The molecule has 1 aliphatic carbocycles. The summed E-state index contributed by atoms with van der Waals surface area (Å²) in [6.07, 6.45) is 3.91. The molecule has 0 amide bonds. The van der Waals surface area contributed by atoms with E-state index in [4.69, 9.17) is 13.9 Å². The van der Waals surface area contributed by atoms with Crippen molar-refractivity contribution in [3.05, 3.63) is 54.6 Å². The number of sulfonamides is 1. The number of ether oxygens (including phenoxy) is 2. The lowest BCUT2D eigenvalue weighted by atomic mass is 10.2. The van der Waals surface area contributed by atoms with Crippen LogP contribution < -0.4 is 14.2 Å². The Morgan fingerprint density at radius 1 is 1.00 bits per heavy atom. The Morgan fingerprint density at radius 2 is 1.78 bits per heavy atom. The van der Waals surface area contributed by atoms with E-state index in [1.807, 2.05) is 0 Å². The molecule has 7 nitrogen and oxygen atoms in total. The summed E-state index contributed by atoms with van der Waals surface area (Å²) >= 11 is 0. The van der Waals surface area contributed by atoms with Crippen molar-refractivity contribution in [3.8, 4) is 22.8 Å². The van der Waals surface area contributed by atoms with Crippen LogP contribution in [0, 0.1) is 0 Å². The lowest BCUT2D eigenvalue weighted by molar-refractivity contribution is 0.174. The zero-order chi connectivity index (χ0) is 18.4. The maximum absolute atomic E-state index is 12.6. The van der Waals surface area contributed by atoms with Crippen LogP contribution in [0.4, 0.5) is 5.69 Å². The Morgan fingerprint density at radius 3 is 2.56 bits per heavy atom. The summed E-state index contributed by atoms with van der Waals surface area (Å²) in [5.41, 5.74) is 1.20. The van der Waals surface area contributed by atoms with E-state index in [1.54, 1.807) is 48.7 Å². The number of nitrogens with one attached hydrogen (secondary N) is 1. The number of aromatic nitrogens is 1. The van der Waals surface area contributed by atoms with Crippen molar-refractivity contribution in [3.63, 3.8) is 0 Å². The van der Waals surface area contributed by atoms with Crippen LogP contribution >= 0.6 is 0 Å². The van der Waals surface area contributed by atoms with E-state index in [0.717, 1.165) is 24.3 Å². The van der Waals surface area contributed by atoms with Crippen molar-refractivity contribution < 1.29 is 22.3 Å². The van der Waals surface area contributed by atoms with Crippen molar-refractivity contribution in [2.24, 2.45) is 0 Å². The molecule has 1 fully saturated rings. The smallest absolute Gasteiger partial charge is 0.261 e. The number of hydrogen-bond acceptors (Lipinski definition) is 6. The monoisotopic (exact) mass is 384 g/mol. The van der Waals surface area contributed by atoms with Crippen LogP contribution in [0.5, 0.6) is 11.5 Å². The van der Waals surface area contributed by atoms with Crippen LogP contribution in [-0.4, -0.2) is 20.2 Å². The number of benzene rings is 2. The molecule has 1 saturated carbocycles. The third kappa shape index (κ3) is 3.12. The van der Waals surface area contributed by atoms with E-state index in [2.05, 4.69) is 9.71 Å². The molecule has 8 heteroatoms. The van der Waals surface area contributed by atoms with Crippen molar-refractivity contribution in [1.82, 2.24) is 4.98 Å². The van der Waals surface area contributed by atoms with Crippen molar-refractivity contribution in [2.75, 3.05) is 11.5 Å². The van der Waals surface area contributed by atoms with Gasteiger partial charge < -0.3 is 13.9 Å². The summed E-state index contributed by atoms with van der Waals surface area (Å²) in [5, 5.41) is 0. The Kier molecular flexibility index (Phi) is 3.61. The molecule has 138 valence electrons. The average Bonchev–Trinajstić information content (AvgIpc) is 3.21. The molecule has 0 radical (unpaired) electrons. The van der Waals surface area contributed by atoms with E-state index in [-0.39, 0.29) is 11.7 Å². The topological polar surface area (TPSA) is 90.7 Å². The van der Waals surface area contributed by atoms with Gasteiger partial charge in [0.25, 0.3) is 10.0 Å². The van der Waals surface area contributed by atoms with Gasteiger partial charge in [-0.25, -0.2) is 13.4 Å². The summed E-state index contributed by atoms with van der Waals surface area (Å²) < 4.78 is 44.1. The largest absolute Gasteiger partial charge is 0.454 e. The SMILES string of the molecule is O=S(=O)(Nc1ccc2c(c1)OCO2)c1ccc(-c2cnc(C3CC3)o2)cc1. The van der Waals surface area contributed by atoms with E-state index in [1.165, 1.54) is 0 Å². The maximum Gasteiger partial charge on any atom is 0.261 e. The first-order valence-electron chi connectivity index (χ1n) is 8.57. The molecule has 0 saturated heterocycles. The second kappa shape index (κ2) is 6.02. The van der Waals surface area contributed by atoms with E-state index in [9.17, 15) is 8.42 Å². The van der Waals surface area contributed by atoms with Gasteiger partial charge in [0.1, 0.15) is 0 Å². The van der Waals surface area contributed by atoms with Crippen LogP contribution in [0.2, 0.25) is 0 Å². The van der Waals surface area contributed by atoms with Crippen LogP contribution in [0.3, 0.4) is 0 Å². The zero-order valence-electron chi connectivity index (χ0n) is 14.2. The van der Waals surface area contributed by atoms with Gasteiger partial charge in [-0.05, 0) is 49.2 Å². The number of oxazole rings is 1. The van der Waals surface area contributed by atoms with Crippen LogP contribution in [0.1, 0.15) is 24.7 Å². The quantitative estimate of drug-likeness (QED) is 0.720. The van der Waals surface area contributed by atoms with Gasteiger partial charge in [0.2, 0.25) is 6.79 Å². The summed E-state index contributed by atoms with van der Waals surface area (Å²) in [7, 11) is -3.72. The predicted molar refractivity (Wildman–Crippen MR) is 97.3 cm³/mol. The first kappa shape index (κ1) is 16.2. The van der Waals surface area contributed by atoms with Gasteiger partial charge in [0, 0.05) is 17.5 Å². The van der Waals surface area contributed by atoms with Gasteiger partial charge in [-0.15, -0.1) is 0 Å². The predicted octanol–water partition coefficient (Wildman–Crippen LogP) is 3.75. The van der Waals surface area contributed by atoms with E-state index in [0.29, 0.717) is 28.9 Å². The average molecular weight is 384 g/mol. The molecular weight excluding hydrogens is 368 g/mol. The van der Waals surface area contributed by atoms with Gasteiger partial charge in [-0.3, -0.25) is 4.72 Å². The first-order chi connectivity index (χ1) is 13.1. The minimum absolute atomic E-state index is 0.136. The van der Waals surface area contributed by atoms with Crippen molar-refractivity contribution in [1.29, 1.82) is 0 Å². The van der Waals surface area contributed by atoms with Crippen LogP contribution in [-0.2, 0) is 10.0 Å². The summed E-state index contributed by atoms with van der Waals surface area (Å²) in [6, 6.07) is 11.4. The highest BCUT2D eigenvalue weighted by Crippen LogP contribution is 2.40. The number of fused-ring (bicyclic) bond motifs is 1. The van der Waals surface area contributed by atoms with E-state index < -0.39 is 10.0 Å². The van der Waals surface area contributed by atoms with E-state index >= 15 is 0 Å². The number of nitrogens with zero attached hydrogens (tertiary/aromatic N) is 1. The molecule has 0 spiro atoms. The summed E-state index contributed by atoms with van der Waals surface area (Å²) in [6.45, 7) is 0.136. The third-order valence-corrected chi connectivity index (χ3v) is 5.92. The number of anilines is 1. The standard InChI is InChI=1S/C19H16N2O5S/c22-27(23,21-14-5-8-16-17(9-14)25-11-24-16)15-6-3-12(4-7-15)18-10-20-19(26-18)13-1-2-13/h3-10,13,21H,1-2,11H2. The molecule has 0 bridgehead atoms. The second-order valence-electron chi connectivity index (χ2n) is 6.53. The van der Waals surface area contributed by atoms with Crippen LogP contribution in [0.15, 0.2) is 58.0 Å². The highest BCUT2D eigenvalue weighted by molar-refractivity contribution is 7.92. The Bertz CT molecular complexity index is 1100. The van der Waals surface area contributed by atoms with Gasteiger partial charge in [0.05, 0.1) is 16.8 Å². The molecule has 3 aromatic rings. The van der Waals surface area contributed by atoms with Crippen molar-refractivity contribution in [2.45, 2.75) is 23.7 Å². The summed E-state index contributed by atoms with van der Waals surface area (Å²) in [5.74, 6) is 2.95. The fraction of sp³-hybridized carbons (Fsp3) is 0.211. The first-order valence-corrected chi connectivity index (χ1v) is 10.1. The Hall–Kier alpha value is -3.00. The zero-order valence-corrected chi connectivity index (χ0v) is 15.0. The van der Waals surface area contributed by atoms with Crippen LogP contribution in [0.25, 0.3) is 11.3 Å². The van der Waals surface area contributed by atoms with Crippen molar-refractivity contribution >= 4 is 15.7 Å². The highest BCUT2D eigenvalue weighted by Gasteiger charge is 2.28. The minimum Gasteiger partial charge on any atom is -0.454 e. The molecule has 2 aliphatic rings. The van der Waals surface area contributed by atoms with Gasteiger partial charge in [0.15, 0.2) is 23.1 Å². The molecule has 1 N–H and O–H groups in total. The molecule has 0 atom stereocenters. The van der Waals surface area contributed by atoms with Gasteiger partial charge >= 0.3 is 0 Å². The lowest BCUT2D eigenvalue weighted by Gasteiger charge is -2.09. The normalized spacial score (nSPS) is 15.7. The molecule has 1 aromatic heterocycles. The molecular formula is C19H16N2O5S. The summed E-state index contributed by atoms with van der Waals surface area (Å²) in [4.78, 5) is 4.45. The minimum atomic E-state index is -3.72. The number of rotatable bonds is 5. The Balaban J connectivity index is 1.36. The molecule has 1 aliphatic heterocycles. The fourth-order valence-corrected chi connectivity index (χ4v) is 3.96. The molecule has 2 heterocycles. The highest BCUT2D eigenvalue weighted by atomic mass is 32.2. The second-order valence-corrected chi connectivity index (χ2v) is 8.22. The molecule has 27 heavy (non-hydrogen) atoms. The van der Waals surface area contributed by atoms with Gasteiger partial charge in [-0.2, -0.15) is 0 Å². The lowest BCUT2D eigenvalue weighted by Crippen LogP contribution is -2.12. The molecule has 0 unspecified atom stereocenters. The number of hydrogen-bond donors (Lipinski definition) is 1. The van der Waals surface area contributed by atoms with Gasteiger partial charge in [-0.1, -0.05) is 0 Å². The molecule has 5 rings (SSSR count). The molecule has 2 aromatic carbocycles.